The number of hydrogen-bond donors (Lipinski definition) is 1. The Morgan fingerprint density at radius 2 is 2.23 bits per heavy atom. The van der Waals surface area contributed by atoms with E-state index in [1.165, 1.54) is 11.8 Å². The van der Waals surface area contributed by atoms with E-state index in [4.69, 9.17) is 4.74 Å². The molecule has 1 aromatic heterocycles. The van der Waals surface area contributed by atoms with E-state index in [2.05, 4.69) is 23.0 Å². The molecule has 22 heavy (non-hydrogen) atoms. The van der Waals surface area contributed by atoms with E-state index < -0.39 is 11.5 Å². The Hall–Kier alpha value is -2.63. The van der Waals surface area contributed by atoms with Gasteiger partial charge in [-0.05, 0) is 31.9 Å². The number of aromatic amines is 1. The summed E-state index contributed by atoms with van der Waals surface area (Å²) >= 11 is 0. The van der Waals surface area contributed by atoms with Crippen molar-refractivity contribution in [3.05, 3.63) is 51.9 Å². The predicted molar refractivity (Wildman–Crippen MR) is 82.6 cm³/mol. The van der Waals surface area contributed by atoms with Gasteiger partial charge in [-0.1, -0.05) is 18.2 Å². The van der Waals surface area contributed by atoms with Gasteiger partial charge in [0.2, 0.25) is 5.95 Å². The number of nitrogens with zero attached hydrogens (tertiary/aromatic N) is 2. The number of aromatic nitrogens is 2. The van der Waals surface area contributed by atoms with E-state index in [-0.39, 0.29) is 18.2 Å². The first-order valence-corrected chi connectivity index (χ1v) is 7.25. The number of carbonyl (C=O) groups excluding carboxylic acids is 1. The molecule has 1 atom stereocenters. The summed E-state index contributed by atoms with van der Waals surface area (Å²) in [5.41, 5.74) is 1.68. The molecule has 0 fully saturated rings. The van der Waals surface area contributed by atoms with E-state index in [1.807, 2.05) is 23.1 Å². The molecule has 3 rings (SSSR count). The highest BCUT2D eigenvalue weighted by Gasteiger charge is 2.28. The van der Waals surface area contributed by atoms with Gasteiger partial charge in [-0.3, -0.25) is 9.78 Å². The van der Waals surface area contributed by atoms with Crippen LogP contribution in [0.2, 0.25) is 0 Å². The normalized spacial score (nSPS) is 16.5. The van der Waals surface area contributed by atoms with Crippen molar-refractivity contribution in [2.24, 2.45) is 0 Å². The monoisotopic (exact) mass is 299 g/mol. The van der Waals surface area contributed by atoms with Gasteiger partial charge in [0.1, 0.15) is 5.56 Å². The number of fused-ring (bicyclic) bond motifs is 1. The minimum absolute atomic E-state index is 0.0780. The molecular formula is C16H17N3O3. The third-order valence-corrected chi connectivity index (χ3v) is 3.72. The summed E-state index contributed by atoms with van der Waals surface area (Å²) < 4.78 is 4.84. The zero-order valence-corrected chi connectivity index (χ0v) is 12.5. The largest absolute Gasteiger partial charge is 0.462 e. The lowest BCUT2D eigenvalue weighted by Gasteiger charge is -2.23. The molecule has 1 aromatic carbocycles. The molecule has 0 radical (unpaired) electrons. The zero-order chi connectivity index (χ0) is 15.7. The quantitative estimate of drug-likeness (QED) is 0.878. The Bertz CT molecular complexity index is 769. The van der Waals surface area contributed by atoms with Crippen LogP contribution in [0.3, 0.4) is 0 Å². The Balaban J connectivity index is 1.98. The summed E-state index contributed by atoms with van der Waals surface area (Å²) in [6.07, 6.45) is 2.17. The maximum absolute atomic E-state index is 12.1. The smallest absolute Gasteiger partial charge is 0.345 e. The topological polar surface area (TPSA) is 75.3 Å². The van der Waals surface area contributed by atoms with Crippen LogP contribution in [0.25, 0.3) is 0 Å². The van der Waals surface area contributed by atoms with Crippen LogP contribution < -0.4 is 10.5 Å². The Kier molecular flexibility index (Phi) is 3.66. The van der Waals surface area contributed by atoms with Gasteiger partial charge in [0.05, 0.1) is 12.8 Å². The van der Waals surface area contributed by atoms with Crippen LogP contribution in [0.1, 0.15) is 29.8 Å². The highest BCUT2D eigenvalue weighted by atomic mass is 16.5. The number of carbonyl (C=O) groups is 1. The average molecular weight is 299 g/mol. The number of nitrogens with one attached hydrogen (secondary N) is 1. The molecule has 114 valence electrons. The Morgan fingerprint density at radius 1 is 1.45 bits per heavy atom. The predicted octanol–water partition coefficient (Wildman–Crippen LogP) is 2.03. The van der Waals surface area contributed by atoms with Crippen molar-refractivity contribution in [3.63, 3.8) is 0 Å². The number of anilines is 2. The van der Waals surface area contributed by atoms with Gasteiger partial charge in [-0.15, -0.1) is 0 Å². The molecule has 1 aliphatic rings. The summed E-state index contributed by atoms with van der Waals surface area (Å²) in [6, 6.07) is 8.20. The van der Waals surface area contributed by atoms with E-state index in [0.29, 0.717) is 5.95 Å². The first kappa shape index (κ1) is 14.3. The van der Waals surface area contributed by atoms with E-state index in [9.17, 15) is 9.59 Å². The summed E-state index contributed by atoms with van der Waals surface area (Å²) in [6.45, 7) is 3.98. The molecule has 2 heterocycles. The van der Waals surface area contributed by atoms with Crippen molar-refractivity contribution < 1.29 is 9.53 Å². The Morgan fingerprint density at radius 3 is 2.95 bits per heavy atom. The highest BCUT2D eigenvalue weighted by Crippen LogP contribution is 2.35. The second-order valence-electron chi connectivity index (χ2n) is 5.22. The third kappa shape index (κ3) is 2.36. The molecule has 0 aliphatic carbocycles. The second kappa shape index (κ2) is 5.63. The summed E-state index contributed by atoms with van der Waals surface area (Å²) in [5.74, 6) is -0.215. The molecular weight excluding hydrogens is 282 g/mol. The Labute approximate surface area is 127 Å². The molecule has 0 saturated carbocycles. The maximum atomic E-state index is 12.1. The zero-order valence-electron chi connectivity index (χ0n) is 12.5. The van der Waals surface area contributed by atoms with E-state index in [0.717, 1.165) is 12.1 Å². The third-order valence-electron chi connectivity index (χ3n) is 3.72. The summed E-state index contributed by atoms with van der Waals surface area (Å²) in [5, 5.41) is 0. The van der Waals surface area contributed by atoms with Gasteiger partial charge in [0, 0.05) is 11.7 Å². The molecule has 0 unspecified atom stereocenters. The lowest BCUT2D eigenvalue weighted by Crippen LogP contribution is -2.29. The van der Waals surface area contributed by atoms with Crippen molar-refractivity contribution >= 4 is 17.6 Å². The number of para-hydroxylation sites is 1. The fourth-order valence-corrected chi connectivity index (χ4v) is 2.75. The second-order valence-corrected chi connectivity index (χ2v) is 5.22. The molecule has 1 N–H and O–H groups in total. The molecule has 1 aliphatic heterocycles. The lowest BCUT2D eigenvalue weighted by atomic mass is 10.1. The van der Waals surface area contributed by atoms with Gasteiger partial charge in [0.25, 0.3) is 5.56 Å². The fraction of sp³-hybridized carbons (Fsp3) is 0.312. The maximum Gasteiger partial charge on any atom is 0.345 e. The first-order chi connectivity index (χ1) is 10.6. The molecule has 6 heteroatoms. The number of hydrogen-bond acceptors (Lipinski definition) is 5. The van der Waals surface area contributed by atoms with Crippen LogP contribution in [0.15, 0.2) is 35.3 Å². The number of esters is 1. The van der Waals surface area contributed by atoms with Crippen molar-refractivity contribution in [1.82, 2.24) is 9.97 Å². The van der Waals surface area contributed by atoms with Crippen molar-refractivity contribution in [2.45, 2.75) is 26.3 Å². The SMILES string of the molecule is CCOC(=O)c1cnc(N2c3ccccc3C[C@@H]2C)[nH]c1=O. The highest BCUT2D eigenvalue weighted by molar-refractivity contribution is 5.88. The lowest BCUT2D eigenvalue weighted by molar-refractivity contribution is 0.0524. The summed E-state index contributed by atoms with van der Waals surface area (Å²) in [7, 11) is 0. The van der Waals surface area contributed by atoms with Gasteiger partial charge >= 0.3 is 5.97 Å². The van der Waals surface area contributed by atoms with Crippen LogP contribution in [-0.4, -0.2) is 28.6 Å². The van der Waals surface area contributed by atoms with Crippen LogP contribution in [0, 0.1) is 0 Å². The molecule has 0 spiro atoms. The minimum Gasteiger partial charge on any atom is -0.462 e. The number of benzene rings is 1. The number of H-pyrrole nitrogens is 1. The van der Waals surface area contributed by atoms with E-state index >= 15 is 0 Å². The van der Waals surface area contributed by atoms with Gasteiger partial charge in [-0.25, -0.2) is 9.78 Å². The summed E-state index contributed by atoms with van der Waals surface area (Å²) in [4.78, 5) is 32.7. The molecule has 0 bridgehead atoms. The van der Waals surface area contributed by atoms with Gasteiger partial charge in [-0.2, -0.15) is 0 Å². The van der Waals surface area contributed by atoms with Gasteiger partial charge in [0.15, 0.2) is 0 Å². The molecule has 2 aromatic rings. The van der Waals surface area contributed by atoms with Crippen molar-refractivity contribution in [1.29, 1.82) is 0 Å². The van der Waals surface area contributed by atoms with Gasteiger partial charge < -0.3 is 9.64 Å². The molecule has 0 saturated heterocycles. The van der Waals surface area contributed by atoms with Crippen LogP contribution in [0.4, 0.5) is 11.6 Å². The number of ether oxygens (including phenoxy) is 1. The first-order valence-electron chi connectivity index (χ1n) is 7.25. The minimum atomic E-state index is -0.655. The van der Waals surface area contributed by atoms with E-state index in [1.54, 1.807) is 6.92 Å². The number of rotatable bonds is 3. The standard InChI is InChI=1S/C16H17N3O3/c1-3-22-15(21)12-9-17-16(18-14(12)20)19-10(2)8-11-6-4-5-7-13(11)19/h4-7,9-10H,3,8H2,1-2H3,(H,17,18,20)/t10-/m0/s1. The molecule has 6 nitrogen and oxygen atoms in total. The molecule has 0 amide bonds. The van der Waals surface area contributed by atoms with Crippen molar-refractivity contribution in [3.8, 4) is 0 Å². The van der Waals surface area contributed by atoms with Crippen LogP contribution in [-0.2, 0) is 11.2 Å². The fourth-order valence-electron chi connectivity index (χ4n) is 2.75. The average Bonchev–Trinajstić information content (AvgIpc) is 2.83. The van der Waals surface area contributed by atoms with Crippen LogP contribution in [0.5, 0.6) is 0 Å². The van der Waals surface area contributed by atoms with Crippen LogP contribution >= 0.6 is 0 Å². The van der Waals surface area contributed by atoms with Crippen molar-refractivity contribution in [2.75, 3.05) is 11.5 Å².